The van der Waals surface area contributed by atoms with E-state index in [9.17, 15) is 4.79 Å². The van der Waals surface area contributed by atoms with Crippen molar-refractivity contribution in [2.45, 2.75) is 29.6 Å². The summed E-state index contributed by atoms with van der Waals surface area (Å²) in [5.74, 6) is 0.564. The van der Waals surface area contributed by atoms with Crippen LogP contribution in [-0.2, 0) is 4.79 Å². The summed E-state index contributed by atoms with van der Waals surface area (Å²) in [6, 6.07) is 0. The van der Waals surface area contributed by atoms with Gasteiger partial charge in [-0.3, -0.25) is 0 Å². The summed E-state index contributed by atoms with van der Waals surface area (Å²) in [7, 11) is 0. The molecule has 1 saturated carbocycles. The fourth-order valence-electron chi connectivity index (χ4n) is 1.53. The first-order valence-electron chi connectivity index (χ1n) is 3.98. The molecular formula is C9H13IO. The highest BCUT2D eigenvalue weighted by Crippen LogP contribution is 2.34. The summed E-state index contributed by atoms with van der Waals surface area (Å²) in [4.78, 5) is 10.3. The van der Waals surface area contributed by atoms with Gasteiger partial charge in [0, 0.05) is 10.3 Å². The van der Waals surface area contributed by atoms with Gasteiger partial charge in [-0.2, -0.15) is 0 Å². The highest BCUT2D eigenvalue weighted by molar-refractivity contribution is 14.1. The van der Waals surface area contributed by atoms with Crippen LogP contribution in [0.5, 0.6) is 0 Å². The quantitative estimate of drug-likeness (QED) is 0.324. The Bertz CT molecular complexity index is 165. The fourth-order valence-corrected chi connectivity index (χ4v) is 2.39. The molecule has 0 aromatic rings. The first-order valence-corrected chi connectivity index (χ1v) is 5.23. The van der Waals surface area contributed by atoms with Crippen molar-refractivity contribution in [3.63, 3.8) is 0 Å². The second kappa shape index (κ2) is 4.24. The van der Waals surface area contributed by atoms with Crippen molar-refractivity contribution >= 4 is 28.9 Å². The number of hydrogen-bond donors (Lipinski definition) is 0. The van der Waals surface area contributed by atoms with E-state index in [1.54, 1.807) is 0 Å². The van der Waals surface area contributed by atoms with Gasteiger partial charge in [-0.25, -0.2) is 0 Å². The molecule has 0 aromatic carbocycles. The molecule has 1 fully saturated rings. The van der Waals surface area contributed by atoms with Gasteiger partial charge in [-0.15, -0.1) is 0 Å². The minimum atomic E-state index is 0.564. The number of carbonyl (C=O) groups is 1. The predicted molar refractivity (Wildman–Crippen MR) is 55.0 cm³/mol. The van der Waals surface area contributed by atoms with E-state index in [4.69, 9.17) is 0 Å². The number of aldehydes is 1. The van der Waals surface area contributed by atoms with E-state index in [0.717, 1.165) is 19.1 Å². The topological polar surface area (TPSA) is 17.1 Å². The molecule has 0 bridgehead atoms. The molecule has 1 unspecified atom stereocenters. The molecular weight excluding hydrogens is 251 g/mol. The van der Waals surface area contributed by atoms with Gasteiger partial charge in [-0.05, 0) is 25.2 Å². The molecule has 0 saturated heterocycles. The Labute approximate surface area is 81.4 Å². The lowest BCUT2D eigenvalue weighted by molar-refractivity contribution is -0.108. The normalized spacial score (nSPS) is 31.9. The van der Waals surface area contributed by atoms with E-state index < -0.39 is 0 Å². The summed E-state index contributed by atoms with van der Waals surface area (Å²) < 4.78 is 0.684. The molecule has 0 spiro atoms. The molecule has 11 heavy (non-hydrogen) atoms. The Balaban J connectivity index is 2.46. The van der Waals surface area contributed by atoms with Crippen molar-refractivity contribution in [2.75, 3.05) is 0 Å². The smallest absolute Gasteiger partial charge is 0.120 e. The summed E-state index contributed by atoms with van der Waals surface area (Å²) in [6.45, 7) is 3.96. The molecule has 0 aromatic heterocycles. The van der Waals surface area contributed by atoms with Crippen LogP contribution in [0.15, 0.2) is 12.2 Å². The second-order valence-electron chi connectivity index (χ2n) is 3.17. The van der Waals surface area contributed by atoms with E-state index >= 15 is 0 Å². The highest BCUT2D eigenvalue weighted by Gasteiger charge is 2.23. The average Bonchev–Trinajstić information content (AvgIpc) is 1.98. The highest BCUT2D eigenvalue weighted by atomic mass is 127. The number of halogens is 1. The Morgan fingerprint density at radius 1 is 1.73 bits per heavy atom. The first kappa shape index (κ1) is 9.23. The van der Waals surface area contributed by atoms with Crippen LogP contribution < -0.4 is 0 Å². The van der Waals surface area contributed by atoms with Crippen LogP contribution in [0.3, 0.4) is 0 Å². The molecule has 0 aliphatic heterocycles. The minimum absolute atomic E-state index is 0.564. The SMILES string of the molecule is C=C1CCC(I)[C@@H](CC=O)C1. The van der Waals surface area contributed by atoms with Crippen LogP contribution in [0.25, 0.3) is 0 Å². The van der Waals surface area contributed by atoms with Crippen molar-refractivity contribution in [1.82, 2.24) is 0 Å². The lowest BCUT2D eigenvalue weighted by Gasteiger charge is -2.27. The standard InChI is InChI=1S/C9H13IO/c1-7-2-3-9(10)8(6-7)4-5-11/h5,8-9H,1-4,6H2/t8-,9?/m0/s1. The van der Waals surface area contributed by atoms with Crippen LogP contribution in [-0.4, -0.2) is 10.2 Å². The Kier molecular flexibility index (Phi) is 3.55. The van der Waals surface area contributed by atoms with Crippen LogP contribution in [0.2, 0.25) is 0 Å². The van der Waals surface area contributed by atoms with Crippen LogP contribution in [0.4, 0.5) is 0 Å². The molecule has 0 radical (unpaired) electrons. The molecule has 1 aliphatic carbocycles. The van der Waals surface area contributed by atoms with Gasteiger partial charge in [0.2, 0.25) is 0 Å². The van der Waals surface area contributed by atoms with Crippen molar-refractivity contribution < 1.29 is 4.79 Å². The Hall–Kier alpha value is 0.140. The molecule has 0 heterocycles. The van der Waals surface area contributed by atoms with Crippen LogP contribution >= 0.6 is 22.6 Å². The summed E-state index contributed by atoms with van der Waals surface area (Å²) >= 11 is 2.45. The predicted octanol–water partition coefficient (Wildman–Crippen LogP) is 2.74. The van der Waals surface area contributed by atoms with Crippen molar-refractivity contribution in [3.05, 3.63) is 12.2 Å². The van der Waals surface area contributed by atoms with Gasteiger partial charge in [0.05, 0.1) is 0 Å². The van der Waals surface area contributed by atoms with E-state index in [1.165, 1.54) is 12.0 Å². The number of hydrogen-bond acceptors (Lipinski definition) is 1. The molecule has 62 valence electrons. The molecule has 2 heteroatoms. The van der Waals surface area contributed by atoms with Gasteiger partial charge in [-0.1, -0.05) is 34.7 Å². The number of allylic oxidation sites excluding steroid dienone is 1. The molecule has 1 nitrogen and oxygen atoms in total. The Morgan fingerprint density at radius 3 is 3.09 bits per heavy atom. The molecule has 0 amide bonds. The van der Waals surface area contributed by atoms with Crippen LogP contribution in [0.1, 0.15) is 25.7 Å². The van der Waals surface area contributed by atoms with Crippen molar-refractivity contribution in [3.8, 4) is 0 Å². The molecule has 2 atom stereocenters. The lowest BCUT2D eigenvalue weighted by Crippen LogP contribution is -2.20. The zero-order chi connectivity index (χ0) is 8.27. The molecule has 1 rings (SSSR count). The first-order chi connectivity index (χ1) is 5.24. The summed E-state index contributed by atoms with van der Waals surface area (Å²) in [5, 5.41) is 0. The number of rotatable bonds is 2. The lowest BCUT2D eigenvalue weighted by atomic mass is 9.85. The van der Waals surface area contributed by atoms with E-state index in [-0.39, 0.29) is 0 Å². The molecule has 0 N–H and O–H groups in total. The summed E-state index contributed by atoms with van der Waals surface area (Å²) in [6.07, 6.45) is 5.18. The molecule has 1 aliphatic rings. The number of alkyl halides is 1. The minimum Gasteiger partial charge on any atom is -0.303 e. The van der Waals surface area contributed by atoms with Crippen LogP contribution in [0, 0.1) is 5.92 Å². The largest absolute Gasteiger partial charge is 0.303 e. The fraction of sp³-hybridized carbons (Fsp3) is 0.667. The van der Waals surface area contributed by atoms with Gasteiger partial charge >= 0.3 is 0 Å². The van der Waals surface area contributed by atoms with Gasteiger partial charge < -0.3 is 4.79 Å². The van der Waals surface area contributed by atoms with Gasteiger partial charge in [0.25, 0.3) is 0 Å². The van der Waals surface area contributed by atoms with Crippen molar-refractivity contribution in [1.29, 1.82) is 0 Å². The third-order valence-electron chi connectivity index (χ3n) is 2.24. The van der Waals surface area contributed by atoms with E-state index in [0.29, 0.717) is 16.3 Å². The van der Waals surface area contributed by atoms with Gasteiger partial charge in [0.15, 0.2) is 0 Å². The van der Waals surface area contributed by atoms with Crippen molar-refractivity contribution in [2.24, 2.45) is 5.92 Å². The third-order valence-corrected chi connectivity index (χ3v) is 3.87. The second-order valence-corrected chi connectivity index (χ2v) is 4.77. The van der Waals surface area contributed by atoms with Gasteiger partial charge in [0.1, 0.15) is 6.29 Å². The Morgan fingerprint density at radius 2 is 2.45 bits per heavy atom. The monoisotopic (exact) mass is 264 g/mol. The maximum atomic E-state index is 10.3. The summed E-state index contributed by atoms with van der Waals surface area (Å²) in [5.41, 5.74) is 1.32. The average molecular weight is 264 g/mol. The van der Waals surface area contributed by atoms with E-state index in [1.807, 2.05) is 0 Å². The van der Waals surface area contributed by atoms with E-state index in [2.05, 4.69) is 29.2 Å². The maximum absolute atomic E-state index is 10.3. The third kappa shape index (κ3) is 2.58. The maximum Gasteiger partial charge on any atom is 0.120 e. The number of carbonyl (C=O) groups excluding carboxylic acids is 1. The zero-order valence-corrected chi connectivity index (χ0v) is 8.71. The zero-order valence-electron chi connectivity index (χ0n) is 6.55.